The molecule has 0 unspecified atom stereocenters. The molecule has 0 radical (unpaired) electrons. The molecular formula is C19H40O3Si. The molecule has 0 amide bonds. The van der Waals surface area contributed by atoms with Crippen molar-refractivity contribution in [3.63, 3.8) is 0 Å². The molecule has 0 saturated carbocycles. The van der Waals surface area contributed by atoms with Crippen molar-refractivity contribution in [2.45, 2.75) is 110 Å². The van der Waals surface area contributed by atoms with Crippen LogP contribution in [-0.2, 0) is 9.22 Å². The van der Waals surface area contributed by atoms with Gasteiger partial charge in [-0.3, -0.25) is 4.79 Å². The van der Waals surface area contributed by atoms with Gasteiger partial charge >= 0.3 is 0 Å². The van der Waals surface area contributed by atoms with Gasteiger partial charge in [-0.1, -0.05) is 75.2 Å². The van der Waals surface area contributed by atoms with Crippen LogP contribution in [0.5, 0.6) is 0 Å². The van der Waals surface area contributed by atoms with E-state index >= 15 is 0 Å². The van der Waals surface area contributed by atoms with Crippen molar-refractivity contribution in [3.05, 3.63) is 0 Å². The third kappa shape index (κ3) is 5.68. The zero-order valence-corrected chi connectivity index (χ0v) is 17.8. The fourth-order valence-electron chi connectivity index (χ4n) is 3.88. The molecule has 3 nitrogen and oxygen atoms in total. The monoisotopic (exact) mass is 344 g/mol. The largest absolute Gasteiger partial charge is 0.406 e. The molecule has 0 aliphatic carbocycles. The van der Waals surface area contributed by atoms with E-state index < -0.39 is 20.5 Å². The fraction of sp³-hybridized carbons (Fsp3) is 0.947. The van der Waals surface area contributed by atoms with Gasteiger partial charge in [-0.05, 0) is 29.0 Å². The van der Waals surface area contributed by atoms with Gasteiger partial charge in [0.2, 0.25) is 8.32 Å². The molecule has 23 heavy (non-hydrogen) atoms. The lowest BCUT2D eigenvalue weighted by Crippen LogP contribution is -2.54. The van der Waals surface area contributed by atoms with Crippen molar-refractivity contribution in [1.29, 1.82) is 0 Å². The highest BCUT2D eigenvalue weighted by atomic mass is 28.4. The molecule has 0 saturated heterocycles. The summed E-state index contributed by atoms with van der Waals surface area (Å²) in [5.41, 5.74) is 1.30. The van der Waals surface area contributed by atoms with E-state index in [4.69, 9.17) is 4.43 Å². The summed E-state index contributed by atoms with van der Waals surface area (Å²) in [4.78, 5) is 12.8. The molecule has 0 aromatic carbocycles. The first-order valence-corrected chi connectivity index (χ1v) is 11.6. The predicted molar refractivity (Wildman–Crippen MR) is 101 cm³/mol. The first-order valence-electron chi connectivity index (χ1n) is 9.41. The van der Waals surface area contributed by atoms with Gasteiger partial charge in [0.15, 0.2) is 5.78 Å². The predicted octanol–water partition coefficient (Wildman–Crippen LogP) is 5.32. The Bertz CT molecular complexity index is 329. The zero-order valence-electron chi connectivity index (χ0n) is 16.8. The lowest BCUT2D eigenvalue weighted by molar-refractivity contribution is -0.137. The highest BCUT2D eigenvalue weighted by Gasteiger charge is 2.48. The Balaban J connectivity index is 5.49. The van der Waals surface area contributed by atoms with Crippen LogP contribution in [-0.4, -0.2) is 31.4 Å². The molecule has 0 aliphatic heterocycles. The molecule has 0 bridgehead atoms. The maximum absolute atomic E-state index is 12.8. The first-order chi connectivity index (χ1) is 10.5. The Labute approximate surface area is 145 Å². The van der Waals surface area contributed by atoms with Crippen molar-refractivity contribution >= 4 is 14.1 Å². The van der Waals surface area contributed by atoms with Crippen molar-refractivity contribution in [2.24, 2.45) is 5.92 Å². The van der Waals surface area contributed by atoms with Crippen LogP contribution in [0.25, 0.3) is 0 Å². The topological polar surface area (TPSA) is 46.5 Å². The highest BCUT2D eigenvalue weighted by molar-refractivity contribution is 6.77. The number of ketones is 1. The van der Waals surface area contributed by atoms with Gasteiger partial charge in [0, 0.05) is 0 Å². The average molecular weight is 345 g/mol. The van der Waals surface area contributed by atoms with Gasteiger partial charge in [0.25, 0.3) is 0 Å². The quantitative estimate of drug-likeness (QED) is 0.516. The number of aliphatic hydroxyl groups is 1. The minimum atomic E-state index is -2.13. The second-order valence-corrected chi connectivity index (χ2v) is 13.6. The molecule has 0 aromatic heterocycles. The molecule has 0 fully saturated rings. The van der Waals surface area contributed by atoms with Crippen LogP contribution in [0.3, 0.4) is 0 Å². The zero-order chi connectivity index (χ0) is 18.4. The van der Waals surface area contributed by atoms with E-state index in [9.17, 15) is 9.90 Å². The fourth-order valence-corrected chi connectivity index (χ4v) is 9.52. The van der Waals surface area contributed by atoms with Gasteiger partial charge in [-0.25, -0.2) is 0 Å². The molecule has 0 spiro atoms. The Morgan fingerprint density at radius 3 is 1.70 bits per heavy atom. The standard InChI is InChI=1S/C19H40O3Si/c1-10-11-12-17(20)18(21)19(13(2)3)22-23(14(4)5,15(6)7)16(8)9/h13-17,19-20H,10-12H2,1-9H3/t17-,19-/m1/s1. The van der Waals surface area contributed by atoms with Gasteiger partial charge in [-0.15, -0.1) is 0 Å². The van der Waals surface area contributed by atoms with Crippen LogP contribution in [0.15, 0.2) is 0 Å². The van der Waals surface area contributed by atoms with Crippen molar-refractivity contribution in [3.8, 4) is 0 Å². The maximum Gasteiger partial charge on any atom is 0.201 e. The van der Waals surface area contributed by atoms with E-state index in [0.717, 1.165) is 12.8 Å². The van der Waals surface area contributed by atoms with E-state index in [2.05, 4.69) is 48.5 Å². The number of aliphatic hydroxyl groups excluding tert-OH is 1. The number of hydrogen-bond donors (Lipinski definition) is 1. The number of rotatable bonds is 11. The minimum absolute atomic E-state index is 0.0851. The lowest BCUT2D eigenvalue weighted by atomic mass is 9.97. The molecule has 1 N–H and O–H groups in total. The van der Waals surface area contributed by atoms with E-state index in [1.54, 1.807) is 0 Å². The number of carbonyl (C=O) groups excluding carboxylic acids is 1. The molecule has 0 aromatic rings. The van der Waals surface area contributed by atoms with Gasteiger partial charge < -0.3 is 9.53 Å². The van der Waals surface area contributed by atoms with E-state index in [1.165, 1.54) is 0 Å². The van der Waals surface area contributed by atoms with Crippen LogP contribution < -0.4 is 0 Å². The van der Waals surface area contributed by atoms with Crippen LogP contribution >= 0.6 is 0 Å². The van der Waals surface area contributed by atoms with Crippen LogP contribution in [0.1, 0.15) is 81.6 Å². The SMILES string of the molecule is CCCC[C@@H](O)C(=O)[C@H](O[Si](C(C)C)(C(C)C)C(C)C)C(C)C. The summed E-state index contributed by atoms with van der Waals surface area (Å²) in [6, 6.07) is 0. The van der Waals surface area contributed by atoms with Crippen LogP contribution in [0, 0.1) is 5.92 Å². The second kappa shape index (κ2) is 9.95. The third-order valence-corrected chi connectivity index (χ3v) is 11.2. The summed E-state index contributed by atoms with van der Waals surface area (Å²) in [7, 11) is -2.13. The molecule has 4 heteroatoms. The second-order valence-electron chi connectivity index (χ2n) is 8.16. The Morgan fingerprint density at radius 2 is 1.39 bits per heavy atom. The highest BCUT2D eigenvalue weighted by Crippen LogP contribution is 2.43. The normalized spacial score (nSPS) is 15.7. The van der Waals surface area contributed by atoms with Crippen LogP contribution in [0.4, 0.5) is 0 Å². The molecule has 2 atom stereocenters. The summed E-state index contributed by atoms with van der Waals surface area (Å²) in [5.74, 6) is -0.0332. The van der Waals surface area contributed by atoms with Crippen molar-refractivity contribution < 1.29 is 14.3 Å². The molecule has 0 rings (SSSR count). The molecular weight excluding hydrogens is 304 g/mol. The summed E-state index contributed by atoms with van der Waals surface area (Å²) in [6.07, 6.45) is 1.03. The maximum atomic E-state index is 12.8. The Morgan fingerprint density at radius 1 is 0.957 bits per heavy atom. The van der Waals surface area contributed by atoms with E-state index in [1.807, 2.05) is 13.8 Å². The van der Waals surface area contributed by atoms with Gasteiger partial charge in [0.1, 0.15) is 12.2 Å². The van der Waals surface area contributed by atoms with Gasteiger partial charge in [-0.2, -0.15) is 0 Å². The number of Topliss-reactive ketones (excluding diaryl/α,β-unsaturated/α-hetero) is 1. The molecule has 0 heterocycles. The smallest absolute Gasteiger partial charge is 0.201 e. The third-order valence-electron chi connectivity index (χ3n) is 5.08. The summed E-state index contributed by atoms with van der Waals surface area (Å²) in [5, 5.41) is 10.3. The lowest BCUT2D eigenvalue weighted by Gasteiger charge is -2.45. The molecule has 138 valence electrons. The van der Waals surface area contributed by atoms with Crippen LogP contribution in [0.2, 0.25) is 16.6 Å². The van der Waals surface area contributed by atoms with E-state index in [0.29, 0.717) is 23.0 Å². The average Bonchev–Trinajstić information content (AvgIpc) is 2.43. The molecule has 0 aliphatic rings. The number of carbonyl (C=O) groups is 1. The number of unbranched alkanes of at least 4 members (excludes halogenated alkanes) is 1. The summed E-state index contributed by atoms with van der Waals surface area (Å²) in [6.45, 7) is 19.5. The van der Waals surface area contributed by atoms with E-state index in [-0.39, 0.29) is 11.7 Å². The first kappa shape index (κ1) is 22.8. The summed E-state index contributed by atoms with van der Waals surface area (Å²) < 4.78 is 6.68. The number of hydrogen-bond acceptors (Lipinski definition) is 3. The summed E-state index contributed by atoms with van der Waals surface area (Å²) >= 11 is 0. The Hall–Kier alpha value is -0.193. The van der Waals surface area contributed by atoms with Crippen molar-refractivity contribution in [1.82, 2.24) is 0 Å². The van der Waals surface area contributed by atoms with Gasteiger partial charge in [0.05, 0.1) is 0 Å². The van der Waals surface area contributed by atoms with Crippen molar-refractivity contribution in [2.75, 3.05) is 0 Å². The Kier molecular flexibility index (Phi) is 9.86. The minimum Gasteiger partial charge on any atom is -0.406 e.